The number of nitrogens with one attached hydrogen (secondary N) is 2. The van der Waals surface area contributed by atoms with Crippen molar-refractivity contribution in [3.05, 3.63) is 59.7 Å². The molecule has 0 saturated heterocycles. The monoisotopic (exact) mass is 446 g/mol. The average molecular weight is 447 g/mol. The first-order valence-electron chi connectivity index (χ1n) is 11.0. The zero-order chi connectivity index (χ0) is 23.4. The molecule has 3 N–H and O–H groups in total. The third-order valence-corrected chi connectivity index (χ3v) is 6.65. The summed E-state index contributed by atoms with van der Waals surface area (Å²) in [5, 5.41) is 14.1. The van der Waals surface area contributed by atoms with Crippen LogP contribution in [0.2, 0.25) is 0 Å². The first kappa shape index (κ1) is 22.4. The molecule has 2 aromatic rings. The van der Waals surface area contributed by atoms with Crippen molar-refractivity contribution < 1.29 is 24.2 Å². The third-order valence-electron chi connectivity index (χ3n) is 6.65. The van der Waals surface area contributed by atoms with Gasteiger partial charge in [-0.2, -0.15) is 0 Å². The quantitative estimate of drug-likeness (QED) is 0.612. The van der Waals surface area contributed by atoms with Crippen LogP contribution in [0.4, 0.5) is 4.79 Å². The van der Waals surface area contributed by atoms with Gasteiger partial charge in [0.2, 0.25) is 5.91 Å². The number of carboxylic acids is 1. The van der Waals surface area contributed by atoms with E-state index in [1.54, 1.807) is 6.92 Å². The summed E-state index contributed by atoms with van der Waals surface area (Å²) in [6.45, 7) is 1.95. The van der Waals surface area contributed by atoms with Crippen LogP contribution in [-0.4, -0.2) is 42.3 Å². The molecule has 4 rings (SSSR count). The Balaban J connectivity index is 1.37. The van der Waals surface area contributed by atoms with Gasteiger partial charge >= 0.3 is 12.1 Å². The SMILES string of the molecule is CC1(C(=O)NCC#CC(=O)O)CCCC1NC(=O)OCC1c2ccccc2-c2ccccc21. The van der Waals surface area contributed by atoms with E-state index in [4.69, 9.17) is 9.84 Å². The zero-order valence-electron chi connectivity index (χ0n) is 18.4. The standard InChI is InChI=1S/C26H26N2O5/c1-26(24(31)27-15-7-13-23(29)30)14-6-12-22(26)28-25(32)33-16-21-19-10-4-2-8-17(19)18-9-3-5-11-20(18)21/h2-5,8-11,21-22H,6,12,14-16H2,1H3,(H,27,31)(H,28,32)(H,29,30). The maximum Gasteiger partial charge on any atom is 0.407 e. The molecule has 7 nitrogen and oxygen atoms in total. The van der Waals surface area contributed by atoms with Crippen molar-refractivity contribution in [2.75, 3.05) is 13.2 Å². The largest absolute Gasteiger partial charge is 0.472 e. The molecule has 33 heavy (non-hydrogen) atoms. The number of aliphatic carboxylic acids is 1. The van der Waals surface area contributed by atoms with E-state index in [1.165, 1.54) is 0 Å². The van der Waals surface area contributed by atoms with Gasteiger partial charge in [0.15, 0.2) is 0 Å². The van der Waals surface area contributed by atoms with Crippen LogP contribution in [0.15, 0.2) is 48.5 Å². The summed E-state index contributed by atoms with van der Waals surface area (Å²) >= 11 is 0. The Bertz CT molecular complexity index is 1100. The lowest BCUT2D eigenvalue weighted by Gasteiger charge is -2.30. The van der Waals surface area contributed by atoms with E-state index in [1.807, 2.05) is 30.2 Å². The van der Waals surface area contributed by atoms with Crippen LogP contribution in [-0.2, 0) is 14.3 Å². The van der Waals surface area contributed by atoms with Crippen LogP contribution in [0.25, 0.3) is 11.1 Å². The van der Waals surface area contributed by atoms with Crippen LogP contribution >= 0.6 is 0 Å². The Hall–Kier alpha value is -3.79. The van der Waals surface area contributed by atoms with Gasteiger partial charge in [-0.25, -0.2) is 9.59 Å². The van der Waals surface area contributed by atoms with Crippen molar-refractivity contribution in [3.8, 4) is 23.0 Å². The normalized spacial score (nSPS) is 20.7. The molecule has 2 aliphatic rings. The zero-order valence-corrected chi connectivity index (χ0v) is 18.4. The van der Waals surface area contributed by atoms with Gasteiger partial charge in [0.1, 0.15) is 6.61 Å². The van der Waals surface area contributed by atoms with Crippen molar-refractivity contribution in [2.24, 2.45) is 5.41 Å². The lowest BCUT2D eigenvalue weighted by Crippen LogP contribution is -2.51. The van der Waals surface area contributed by atoms with Gasteiger partial charge in [0, 0.05) is 17.9 Å². The maximum atomic E-state index is 12.7. The smallest absolute Gasteiger partial charge is 0.407 e. The number of alkyl carbamates (subject to hydrolysis) is 1. The van der Waals surface area contributed by atoms with E-state index in [0.29, 0.717) is 12.8 Å². The Morgan fingerprint density at radius 3 is 2.36 bits per heavy atom. The summed E-state index contributed by atoms with van der Waals surface area (Å²) in [4.78, 5) is 35.9. The van der Waals surface area contributed by atoms with E-state index in [-0.39, 0.29) is 31.0 Å². The third kappa shape index (κ3) is 4.56. The molecule has 0 aliphatic heterocycles. The van der Waals surface area contributed by atoms with Gasteiger partial charge in [0.05, 0.1) is 12.0 Å². The Kier molecular flexibility index (Phi) is 6.36. The first-order chi connectivity index (χ1) is 15.9. The van der Waals surface area contributed by atoms with Crippen molar-refractivity contribution in [1.82, 2.24) is 10.6 Å². The summed E-state index contributed by atoms with van der Waals surface area (Å²) in [6, 6.07) is 15.9. The van der Waals surface area contributed by atoms with Crippen LogP contribution in [0.1, 0.15) is 43.2 Å². The number of ether oxygens (including phenoxy) is 1. The molecule has 2 aliphatic carbocycles. The molecule has 170 valence electrons. The second-order valence-electron chi connectivity index (χ2n) is 8.62. The molecule has 0 heterocycles. The number of fused-ring (bicyclic) bond motifs is 3. The Morgan fingerprint density at radius 2 is 1.73 bits per heavy atom. The van der Waals surface area contributed by atoms with Crippen LogP contribution in [0.3, 0.4) is 0 Å². The van der Waals surface area contributed by atoms with Crippen molar-refractivity contribution >= 4 is 18.0 Å². The fourth-order valence-corrected chi connectivity index (χ4v) is 4.90. The molecule has 0 aromatic heterocycles. The number of hydrogen-bond acceptors (Lipinski definition) is 4. The number of amides is 2. The van der Waals surface area contributed by atoms with Gasteiger partial charge in [-0.3, -0.25) is 4.79 Å². The van der Waals surface area contributed by atoms with Crippen molar-refractivity contribution in [1.29, 1.82) is 0 Å². The number of hydrogen-bond donors (Lipinski definition) is 3. The molecule has 0 radical (unpaired) electrons. The van der Waals surface area contributed by atoms with Gasteiger partial charge < -0.3 is 20.5 Å². The topological polar surface area (TPSA) is 105 Å². The minimum atomic E-state index is -1.24. The average Bonchev–Trinajstić information content (AvgIpc) is 3.33. The maximum absolute atomic E-state index is 12.7. The van der Waals surface area contributed by atoms with Crippen molar-refractivity contribution in [2.45, 2.75) is 38.1 Å². The molecule has 7 heteroatoms. The summed E-state index contributed by atoms with van der Waals surface area (Å²) < 4.78 is 5.63. The highest BCUT2D eigenvalue weighted by Gasteiger charge is 2.45. The fraction of sp³-hybridized carbons (Fsp3) is 0.346. The number of benzene rings is 2. The molecule has 2 atom stereocenters. The highest BCUT2D eigenvalue weighted by molar-refractivity contribution is 5.87. The summed E-state index contributed by atoms with van der Waals surface area (Å²) in [6.07, 6.45) is 1.52. The summed E-state index contributed by atoms with van der Waals surface area (Å²) in [5.74, 6) is 2.82. The molecule has 1 saturated carbocycles. The van der Waals surface area contributed by atoms with Gasteiger partial charge in [-0.15, -0.1) is 0 Å². The molecule has 0 spiro atoms. The summed E-state index contributed by atoms with van der Waals surface area (Å²) in [7, 11) is 0. The molecular formula is C26H26N2O5. The van der Waals surface area contributed by atoms with E-state index in [2.05, 4.69) is 40.8 Å². The minimum absolute atomic E-state index is 0.0331. The first-order valence-corrected chi connectivity index (χ1v) is 11.0. The van der Waals surface area contributed by atoms with Gasteiger partial charge in [-0.1, -0.05) is 60.9 Å². The number of carbonyl (C=O) groups excluding carboxylic acids is 2. The van der Waals surface area contributed by atoms with Gasteiger partial charge in [-0.05, 0) is 42.0 Å². The number of rotatable bonds is 5. The fourth-order valence-electron chi connectivity index (χ4n) is 4.90. The van der Waals surface area contributed by atoms with Crippen LogP contribution in [0, 0.1) is 17.3 Å². The molecule has 2 unspecified atom stereocenters. The highest BCUT2D eigenvalue weighted by Crippen LogP contribution is 2.44. The predicted molar refractivity (Wildman–Crippen MR) is 122 cm³/mol. The number of carboxylic acid groups (broad SMARTS) is 1. The second-order valence-corrected chi connectivity index (χ2v) is 8.62. The Labute approximate surface area is 192 Å². The lowest BCUT2D eigenvalue weighted by atomic mass is 9.83. The molecular weight excluding hydrogens is 420 g/mol. The molecule has 2 aromatic carbocycles. The lowest BCUT2D eigenvalue weighted by molar-refractivity contribution is -0.131. The number of carbonyl (C=O) groups is 3. The molecule has 1 fully saturated rings. The van der Waals surface area contributed by atoms with E-state index < -0.39 is 17.5 Å². The van der Waals surface area contributed by atoms with Crippen LogP contribution < -0.4 is 10.6 Å². The van der Waals surface area contributed by atoms with Crippen molar-refractivity contribution in [3.63, 3.8) is 0 Å². The van der Waals surface area contributed by atoms with E-state index >= 15 is 0 Å². The minimum Gasteiger partial charge on any atom is -0.472 e. The van der Waals surface area contributed by atoms with E-state index in [9.17, 15) is 14.4 Å². The van der Waals surface area contributed by atoms with E-state index in [0.717, 1.165) is 28.7 Å². The predicted octanol–water partition coefficient (Wildman–Crippen LogP) is 3.29. The second kappa shape index (κ2) is 9.37. The van der Waals surface area contributed by atoms with Crippen LogP contribution in [0.5, 0.6) is 0 Å². The molecule has 0 bridgehead atoms. The Morgan fingerprint density at radius 1 is 1.09 bits per heavy atom. The highest BCUT2D eigenvalue weighted by atomic mass is 16.5. The summed E-state index contributed by atoms with van der Waals surface area (Å²) in [5.41, 5.74) is 3.79. The molecule has 2 amide bonds. The van der Waals surface area contributed by atoms with Gasteiger partial charge in [0.25, 0.3) is 0 Å².